The first-order valence-corrected chi connectivity index (χ1v) is 17.2. The second-order valence-corrected chi connectivity index (χ2v) is 15.4. The Bertz CT molecular complexity index is 2120. The van der Waals surface area contributed by atoms with Crippen LogP contribution in [0.3, 0.4) is 0 Å². The highest BCUT2D eigenvalue weighted by Gasteiger charge is 2.47. The zero-order chi connectivity index (χ0) is 35.3. The minimum Gasteiger partial charge on any atom is -0.445 e. The average molecular weight is 669 g/mol. The third kappa shape index (κ3) is 5.04. The second kappa shape index (κ2) is 11.0. The van der Waals surface area contributed by atoms with Gasteiger partial charge in [0.1, 0.15) is 23.0 Å². The number of fused-ring (bicyclic) bond motifs is 2. The summed E-state index contributed by atoms with van der Waals surface area (Å²) < 4.78 is 26.0. The van der Waals surface area contributed by atoms with Crippen molar-refractivity contribution in [3.63, 3.8) is 0 Å². The van der Waals surface area contributed by atoms with E-state index >= 15 is 0 Å². The van der Waals surface area contributed by atoms with Crippen LogP contribution in [0.4, 0.5) is 46.3 Å². The van der Waals surface area contributed by atoms with Crippen molar-refractivity contribution in [1.29, 1.82) is 0 Å². The fourth-order valence-electron chi connectivity index (χ4n) is 6.83. The van der Waals surface area contributed by atoms with E-state index in [1.54, 1.807) is 0 Å². The smallest absolute Gasteiger partial charge is 0.205 e. The Labute approximate surface area is 293 Å². The minimum absolute atomic E-state index is 0.0931. The van der Waals surface area contributed by atoms with Gasteiger partial charge in [0.05, 0.1) is 22.7 Å². The zero-order valence-corrected chi connectivity index (χ0v) is 30.5. The Hall–Kier alpha value is -5.50. The molecule has 0 saturated carbocycles. The molecule has 6 heterocycles. The van der Waals surface area contributed by atoms with Gasteiger partial charge in [0.2, 0.25) is 23.5 Å². The summed E-state index contributed by atoms with van der Waals surface area (Å²) in [5.41, 5.74) is 6.08. The van der Waals surface area contributed by atoms with Gasteiger partial charge in [-0.2, -0.15) is 0 Å². The number of nitrogens with zero attached hydrogens (tertiary/aromatic N) is 4. The van der Waals surface area contributed by atoms with Crippen LogP contribution in [0.25, 0.3) is 0 Å². The van der Waals surface area contributed by atoms with Crippen molar-refractivity contribution in [2.24, 2.45) is 0 Å². The molecule has 50 heavy (non-hydrogen) atoms. The number of anilines is 8. The lowest BCUT2D eigenvalue weighted by Gasteiger charge is -2.30. The van der Waals surface area contributed by atoms with Crippen molar-refractivity contribution in [3.8, 4) is 0 Å². The van der Waals surface area contributed by atoms with Crippen LogP contribution >= 0.6 is 0 Å². The number of hydrogen-bond acceptors (Lipinski definition) is 8. The fraction of sp³-hybridized carbons (Fsp3) is 0.286. The van der Waals surface area contributed by atoms with Crippen LogP contribution in [0.1, 0.15) is 75.7 Å². The van der Waals surface area contributed by atoms with E-state index < -0.39 is 0 Å². The summed E-state index contributed by atoms with van der Waals surface area (Å²) in [7, 11) is 0. The molecule has 8 rings (SSSR count). The molecule has 0 unspecified atom stereocenters. The summed E-state index contributed by atoms with van der Waals surface area (Å²) in [6.07, 6.45) is 0. The molecule has 0 radical (unpaired) electrons. The molecule has 0 fully saturated rings. The maximum atomic E-state index is 6.51. The van der Waals surface area contributed by atoms with Crippen LogP contribution in [0.2, 0.25) is 0 Å². The van der Waals surface area contributed by atoms with E-state index in [1.807, 2.05) is 76.2 Å². The van der Waals surface area contributed by atoms with Gasteiger partial charge in [-0.1, -0.05) is 53.7 Å². The monoisotopic (exact) mass is 668 g/mol. The number of aryl methyl sites for hydroxylation is 4. The van der Waals surface area contributed by atoms with E-state index in [2.05, 4.69) is 97.5 Å². The average Bonchev–Trinajstić information content (AvgIpc) is 3.89. The van der Waals surface area contributed by atoms with Gasteiger partial charge >= 0.3 is 0 Å². The van der Waals surface area contributed by atoms with E-state index in [9.17, 15) is 0 Å². The predicted octanol–water partition coefficient (Wildman–Crippen LogP) is 12.3. The third-order valence-corrected chi connectivity index (χ3v) is 9.48. The summed E-state index contributed by atoms with van der Waals surface area (Å²) in [6.45, 7) is 21.3. The van der Waals surface area contributed by atoms with Gasteiger partial charge < -0.3 is 17.7 Å². The summed E-state index contributed by atoms with van der Waals surface area (Å²) in [4.78, 5) is 8.77. The van der Waals surface area contributed by atoms with Gasteiger partial charge in [-0.05, 0) is 98.2 Å². The van der Waals surface area contributed by atoms with Crippen molar-refractivity contribution in [1.82, 2.24) is 0 Å². The van der Waals surface area contributed by atoms with Crippen molar-refractivity contribution < 1.29 is 17.7 Å². The topological polar surface area (TPSA) is 65.5 Å². The van der Waals surface area contributed by atoms with Crippen LogP contribution in [0, 0.1) is 27.7 Å². The van der Waals surface area contributed by atoms with Crippen molar-refractivity contribution in [3.05, 3.63) is 131 Å². The van der Waals surface area contributed by atoms with Gasteiger partial charge in [-0.15, -0.1) is 0 Å². The molecule has 2 aliphatic heterocycles. The van der Waals surface area contributed by atoms with Crippen LogP contribution in [-0.4, -0.2) is 0 Å². The van der Waals surface area contributed by atoms with Crippen molar-refractivity contribution >= 4 is 46.3 Å². The highest BCUT2D eigenvalue weighted by atomic mass is 16.4. The maximum Gasteiger partial charge on any atom is 0.205 e. The van der Waals surface area contributed by atoms with Gasteiger partial charge in [-0.3, -0.25) is 19.6 Å². The molecule has 0 N–H and O–H groups in total. The Balaban J connectivity index is 1.54. The molecule has 8 nitrogen and oxygen atoms in total. The van der Waals surface area contributed by atoms with E-state index in [0.29, 0.717) is 23.5 Å². The van der Waals surface area contributed by atoms with E-state index in [-0.39, 0.29) is 10.8 Å². The lowest BCUT2D eigenvalue weighted by atomic mass is 9.86. The predicted molar refractivity (Wildman–Crippen MR) is 200 cm³/mol. The Morgan fingerprint density at radius 1 is 0.360 bits per heavy atom. The van der Waals surface area contributed by atoms with E-state index in [4.69, 9.17) is 17.7 Å². The number of hydrogen-bond donors (Lipinski definition) is 0. The van der Waals surface area contributed by atoms with E-state index in [1.165, 1.54) is 11.1 Å². The van der Waals surface area contributed by atoms with Gasteiger partial charge in [0.25, 0.3) is 0 Å². The Morgan fingerprint density at radius 3 is 0.880 bits per heavy atom. The molecule has 0 atom stereocenters. The molecular formula is C42H44N4O4. The van der Waals surface area contributed by atoms with Crippen LogP contribution in [-0.2, 0) is 10.8 Å². The molecule has 2 aromatic carbocycles. The molecule has 256 valence electrons. The third-order valence-electron chi connectivity index (χ3n) is 9.48. The minimum atomic E-state index is -0.0931. The second-order valence-electron chi connectivity index (χ2n) is 15.4. The molecule has 6 aromatic rings. The van der Waals surface area contributed by atoms with Crippen LogP contribution in [0.15, 0.2) is 114 Å². The maximum absolute atomic E-state index is 6.51. The molecule has 0 amide bonds. The van der Waals surface area contributed by atoms with E-state index in [0.717, 1.165) is 57.4 Å². The van der Waals surface area contributed by atoms with Crippen molar-refractivity contribution in [2.75, 3.05) is 19.6 Å². The quantitative estimate of drug-likeness (QED) is 0.184. The first-order chi connectivity index (χ1) is 23.7. The zero-order valence-electron chi connectivity index (χ0n) is 30.5. The summed E-state index contributed by atoms with van der Waals surface area (Å²) >= 11 is 0. The van der Waals surface area contributed by atoms with Gasteiger partial charge in [0.15, 0.2) is 11.6 Å². The molecule has 0 aliphatic carbocycles. The molecule has 4 aromatic heterocycles. The molecule has 0 bridgehead atoms. The first kappa shape index (κ1) is 31.7. The normalized spacial score (nSPS) is 16.2. The molecule has 0 saturated heterocycles. The number of benzene rings is 2. The number of rotatable bonds is 4. The summed E-state index contributed by atoms with van der Waals surface area (Å²) in [5.74, 6) is 7.56. The molecule has 2 aliphatic rings. The standard InChI is InChI=1S/C42H44N4O4/c1-25-11-19-35(47-25)43-31-17-15-29(41(5,6)7)23-33(31)45(37-21-13-27(3)49-37)39(43)40-44(36-20-12-26(2)48-36)32-18-16-30(42(8,9)10)24-34(32)46(40)38-22-14-28(4)50-38/h11-24H,1-10H3/b40-39+. The molecular weight excluding hydrogens is 624 g/mol. The summed E-state index contributed by atoms with van der Waals surface area (Å²) in [6, 6.07) is 29.5. The van der Waals surface area contributed by atoms with Gasteiger partial charge in [0, 0.05) is 24.3 Å². The highest BCUT2D eigenvalue weighted by Crippen LogP contribution is 2.58. The fourth-order valence-corrected chi connectivity index (χ4v) is 6.83. The number of furan rings is 4. The SMILES string of the molecule is Cc1ccc(N2/C(=C3/N(c4ccc(C)o4)c4ccc(C(C)(C)C)cc4N3c3ccc(C)o3)N(c3ccc(C)o3)c3cc(C(C)(C)C)ccc32)o1. The summed E-state index contributed by atoms with van der Waals surface area (Å²) in [5, 5.41) is 0. The van der Waals surface area contributed by atoms with Crippen LogP contribution < -0.4 is 19.6 Å². The lowest BCUT2D eigenvalue weighted by Crippen LogP contribution is -2.33. The lowest BCUT2D eigenvalue weighted by molar-refractivity contribution is 0.523. The molecule has 8 heteroatoms. The van der Waals surface area contributed by atoms with Crippen molar-refractivity contribution in [2.45, 2.75) is 80.1 Å². The largest absolute Gasteiger partial charge is 0.445 e. The highest BCUT2D eigenvalue weighted by molar-refractivity contribution is 5.98. The Kier molecular flexibility index (Phi) is 6.99. The first-order valence-electron chi connectivity index (χ1n) is 17.2. The van der Waals surface area contributed by atoms with Crippen LogP contribution in [0.5, 0.6) is 0 Å². The Morgan fingerprint density at radius 2 is 0.640 bits per heavy atom. The molecule has 0 spiro atoms. The van der Waals surface area contributed by atoms with Gasteiger partial charge in [-0.25, -0.2) is 0 Å².